The molecule has 4 nitrogen and oxygen atoms in total. The Balaban J connectivity index is 0.00000176. The summed E-state index contributed by atoms with van der Waals surface area (Å²) in [5.41, 5.74) is 6.33. The van der Waals surface area contributed by atoms with E-state index in [0.717, 1.165) is 37.0 Å². The molecule has 2 aliphatic rings. The first-order valence-corrected chi connectivity index (χ1v) is 7.98. The summed E-state index contributed by atoms with van der Waals surface area (Å²) in [6.45, 7) is 0.529. The van der Waals surface area contributed by atoms with Crippen molar-refractivity contribution in [3.63, 3.8) is 0 Å². The van der Waals surface area contributed by atoms with Crippen molar-refractivity contribution in [2.75, 3.05) is 0 Å². The predicted octanol–water partition coefficient (Wildman–Crippen LogP) is 2.93. The van der Waals surface area contributed by atoms with Gasteiger partial charge in [0, 0.05) is 6.54 Å². The third kappa shape index (κ3) is 4.37. The SMILES string of the molecule is Cl.NC1(C(=O)NCc2ccc(OC3CCCCC3)cc2)CC1. The Morgan fingerprint density at radius 3 is 2.41 bits per heavy atom. The van der Waals surface area contributed by atoms with Crippen molar-refractivity contribution in [1.29, 1.82) is 0 Å². The summed E-state index contributed by atoms with van der Waals surface area (Å²) in [4.78, 5) is 11.8. The van der Waals surface area contributed by atoms with Crippen molar-refractivity contribution in [3.05, 3.63) is 29.8 Å². The van der Waals surface area contributed by atoms with Gasteiger partial charge in [0.1, 0.15) is 5.75 Å². The number of nitrogens with one attached hydrogen (secondary N) is 1. The Hall–Kier alpha value is -1.26. The Morgan fingerprint density at radius 1 is 1.18 bits per heavy atom. The molecule has 122 valence electrons. The van der Waals surface area contributed by atoms with E-state index in [2.05, 4.69) is 5.32 Å². The molecule has 0 unspecified atom stereocenters. The van der Waals surface area contributed by atoms with E-state index in [1.807, 2.05) is 24.3 Å². The maximum atomic E-state index is 11.8. The lowest BCUT2D eigenvalue weighted by Crippen LogP contribution is -2.42. The van der Waals surface area contributed by atoms with E-state index in [1.54, 1.807) is 0 Å². The van der Waals surface area contributed by atoms with Gasteiger partial charge in [-0.2, -0.15) is 0 Å². The van der Waals surface area contributed by atoms with E-state index in [4.69, 9.17) is 10.5 Å². The van der Waals surface area contributed by atoms with Crippen LogP contribution in [0.25, 0.3) is 0 Å². The fourth-order valence-electron chi connectivity index (χ4n) is 2.78. The lowest BCUT2D eigenvalue weighted by molar-refractivity contribution is -0.123. The minimum Gasteiger partial charge on any atom is -0.490 e. The minimum atomic E-state index is -0.593. The smallest absolute Gasteiger partial charge is 0.240 e. The average Bonchev–Trinajstić information content (AvgIpc) is 3.26. The molecule has 3 N–H and O–H groups in total. The summed E-state index contributed by atoms with van der Waals surface area (Å²) in [6, 6.07) is 8.00. The third-order valence-corrected chi connectivity index (χ3v) is 4.47. The molecule has 3 rings (SSSR count). The van der Waals surface area contributed by atoms with Gasteiger partial charge >= 0.3 is 0 Å². The Bertz CT molecular complexity index is 494. The number of hydrogen-bond acceptors (Lipinski definition) is 3. The van der Waals surface area contributed by atoms with E-state index in [1.165, 1.54) is 19.3 Å². The van der Waals surface area contributed by atoms with Gasteiger partial charge in [0.15, 0.2) is 0 Å². The van der Waals surface area contributed by atoms with Crippen molar-refractivity contribution >= 4 is 18.3 Å². The molecule has 2 aliphatic carbocycles. The summed E-state index contributed by atoms with van der Waals surface area (Å²) in [5.74, 6) is 0.888. The summed E-state index contributed by atoms with van der Waals surface area (Å²) < 4.78 is 5.99. The average molecular weight is 325 g/mol. The Labute approximate surface area is 138 Å². The second kappa shape index (κ2) is 7.34. The Morgan fingerprint density at radius 2 is 1.82 bits per heavy atom. The number of hydrogen-bond donors (Lipinski definition) is 2. The highest BCUT2D eigenvalue weighted by molar-refractivity contribution is 5.88. The second-order valence-electron chi connectivity index (χ2n) is 6.36. The van der Waals surface area contributed by atoms with Gasteiger partial charge in [-0.05, 0) is 56.2 Å². The number of rotatable bonds is 5. The van der Waals surface area contributed by atoms with Crippen LogP contribution >= 0.6 is 12.4 Å². The van der Waals surface area contributed by atoms with Crippen LogP contribution in [-0.4, -0.2) is 17.6 Å². The molecule has 5 heteroatoms. The number of halogens is 1. The minimum absolute atomic E-state index is 0. The molecule has 0 saturated heterocycles. The zero-order chi connectivity index (χ0) is 14.7. The molecule has 0 atom stereocenters. The number of benzene rings is 1. The van der Waals surface area contributed by atoms with Crippen LogP contribution in [0.15, 0.2) is 24.3 Å². The van der Waals surface area contributed by atoms with Crippen LogP contribution in [0, 0.1) is 0 Å². The first-order chi connectivity index (χ1) is 10.2. The molecule has 0 aromatic heterocycles. The molecular formula is C17H25ClN2O2. The normalized spacial score (nSPS) is 19.9. The highest BCUT2D eigenvalue weighted by Crippen LogP contribution is 2.32. The molecule has 0 heterocycles. The van der Waals surface area contributed by atoms with E-state index in [9.17, 15) is 4.79 Å². The first kappa shape index (κ1) is 17.1. The number of nitrogens with two attached hydrogens (primary N) is 1. The molecule has 0 radical (unpaired) electrons. The maximum absolute atomic E-state index is 11.8. The molecule has 0 bridgehead atoms. The number of carbonyl (C=O) groups excluding carboxylic acids is 1. The molecule has 1 aromatic rings. The first-order valence-electron chi connectivity index (χ1n) is 7.98. The number of carbonyl (C=O) groups is 1. The van der Waals surface area contributed by atoms with Gasteiger partial charge < -0.3 is 15.8 Å². The standard InChI is InChI=1S/C17H24N2O2.ClH/c18-17(10-11-17)16(20)19-12-13-6-8-15(9-7-13)21-14-4-2-1-3-5-14;/h6-9,14H,1-5,10-12,18H2,(H,19,20);1H. The van der Waals surface area contributed by atoms with E-state index < -0.39 is 5.54 Å². The summed E-state index contributed by atoms with van der Waals surface area (Å²) in [5, 5.41) is 2.90. The maximum Gasteiger partial charge on any atom is 0.240 e. The molecule has 0 spiro atoms. The summed E-state index contributed by atoms with van der Waals surface area (Å²) in [6.07, 6.45) is 8.18. The van der Waals surface area contributed by atoms with Crippen LogP contribution in [0.3, 0.4) is 0 Å². The van der Waals surface area contributed by atoms with E-state index in [0.29, 0.717) is 12.6 Å². The fourth-order valence-corrected chi connectivity index (χ4v) is 2.78. The van der Waals surface area contributed by atoms with Gasteiger partial charge in [-0.3, -0.25) is 4.79 Å². The fraction of sp³-hybridized carbons (Fsp3) is 0.588. The lowest BCUT2D eigenvalue weighted by atomic mass is 9.98. The quantitative estimate of drug-likeness (QED) is 0.875. The van der Waals surface area contributed by atoms with Crippen molar-refractivity contribution in [3.8, 4) is 5.75 Å². The monoisotopic (exact) mass is 324 g/mol. The van der Waals surface area contributed by atoms with Crippen molar-refractivity contribution < 1.29 is 9.53 Å². The molecule has 0 aliphatic heterocycles. The van der Waals surface area contributed by atoms with E-state index in [-0.39, 0.29) is 18.3 Å². The van der Waals surface area contributed by atoms with Crippen LogP contribution < -0.4 is 15.8 Å². The molecule has 2 saturated carbocycles. The molecular weight excluding hydrogens is 300 g/mol. The van der Waals surface area contributed by atoms with Crippen LogP contribution in [0.1, 0.15) is 50.5 Å². The summed E-state index contributed by atoms with van der Waals surface area (Å²) >= 11 is 0. The van der Waals surface area contributed by atoms with E-state index >= 15 is 0 Å². The van der Waals surface area contributed by atoms with Crippen LogP contribution in [0.2, 0.25) is 0 Å². The van der Waals surface area contributed by atoms with Gasteiger partial charge in [-0.25, -0.2) is 0 Å². The number of amides is 1. The number of ether oxygens (including phenoxy) is 1. The van der Waals surface area contributed by atoms with Gasteiger partial charge in [-0.15, -0.1) is 12.4 Å². The highest BCUT2D eigenvalue weighted by Gasteiger charge is 2.45. The molecule has 2 fully saturated rings. The molecule has 22 heavy (non-hydrogen) atoms. The van der Waals surface area contributed by atoms with Crippen LogP contribution in [0.5, 0.6) is 5.75 Å². The zero-order valence-corrected chi connectivity index (χ0v) is 13.7. The predicted molar refractivity (Wildman–Crippen MR) is 89.2 cm³/mol. The third-order valence-electron chi connectivity index (χ3n) is 4.47. The van der Waals surface area contributed by atoms with Gasteiger partial charge in [-0.1, -0.05) is 18.6 Å². The Kier molecular flexibility index (Phi) is 5.70. The molecule has 1 aromatic carbocycles. The van der Waals surface area contributed by atoms with Crippen molar-refractivity contribution in [2.45, 2.75) is 63.1 Å². The van der Waals surface area contributed by atoms with Gasteiger partial charge in [0.25, 0.3) is 0 Å². The second-order valence-corrected chi connectivity index (χ2v) is 6.36. The zero-order valence-electron chi connectivity index (χ0n) is 12.8. The van der Waals surface area contributed by atoms with Gasteiger partial charge in [0.2, 0.25) is 5.91 Å². The van der Waals surface area contributed by atoms with Crippen LogP contribution in [0.4, 0.5) is 0 Å². The van der Waals surface area contributed by atoms with Crippen molar-refractivity contribution in [2.24, 2.45) is 5.73 Å². The topological polar surface area (TPSA) is 64.4 Å². The highest BCUT2D eigenvalue weighted by atomic mass is 35.5. The summed E-state index contributed by atoms with van der Waals surface area (Å²) in [7, 11) is 0. The van der Waals surface area contributed by atoms with Gasteiger partial charge in [0.05, 0.1) is 11.6 Å². The largest absolute Gasteiger partial charge is 0.490 e. The lowest BCUT2D eigenvalue weighted by Gasteiger charge is -2.23. The van der Waals surface area contributed by atoms with Crippen molar-refractivity contribution in [1.82, 2.24) is 5.32 Å². The van der Waals surface area contributed by atoms with Crippen LogP contribution in [-0.2, 0) is 11.3 Å². The molecule has 1 amide bonds.